The van der Waals surface area contributed by atoms with Gasteiger partial charge < -0.3 is 19.5 Å². The normalized spacial score (nSPS) is 18.7. The van der Waals surface area contributed by atoms with Gasteiger partial charge in [0.1, 0.15) is 5.76 Å². The lowest BCUT2D eigenvalue weighted by atomic mass is 9.95. The van der Waals surface area contributed by atoms with Gasteiger partial charge in [0.25, 0.3) is 11.7 Å². The summed E-state index contributed by atoms with van der Waals surface area (Å²) in [6.07, 6.45) is 3.23. The molecule has 0 aliphatic carbocycles. The summed E-state index contributed by atoms with van der Waals surface area (Å²) in [5, 5.41) is 11.8. The van der Waals surface area contributed by atoms with E-state index in [0.29, 0.717) is 27.6 Å². The molecule has 3 heterocycles. The van der Waals surface area contributed by atoms with E-state index >= 15 is 0 Å². The molecule has 1 aromatic heterocycles. The second-order valence-electron chi connectivity index (χ2n) is 7.53. The third-order valence-electron chi connectivity index (χ3n) is 5.52. The van der Waals surface area contributed by atoms with E-state index in [9.17, 15) is 14.7 Å². The van der Waals surface area contributed by atoms with Gasteiger partial charge in [0, 0.05) is 24.5 Å². The van der Waals surface area contributed by atoms with E-state index in [1.165, 1.54) is 4.90 Å². The van der Waals surface area contributed by atoms with Crippen molar-refractivity contribution in [3.8, 4) is 11.5 Å². The third kappa shape index (κ3) is 3.79. The summed E-state index contributed by atoms with van der Waals surface area (Å²) in [7, 11) is 0. The molecule has 0 radical (unpaired) electrons. The van der Waals surface area contributed by atoms with E-state index < -0.39 is 17.7 Å². The minimum absolute atomic E-state index is 0.0545. The zero-order valence-corrected chi connectivity index (χ0v) is 18.5. The number of nitrogens with zero attached hydrogens (tertiary/aromatic N) is 2. The van der Waals surface area contributed by atoms with Gasteiger partial charge in [0.2, 0.25) is 6.79 Å². The number of pyridine rings is 1. The highest BCUT2D eigenvalue weighted by molar-refractivity contribution is 6.46. The van der Waals surface area contributed by atoms with Crippen molar-refractivity contribution >= 4 is 40.7 Å². The maximum atomic E-state index is 13.2. The number of ether oxygens (including phenoxy) is 2. The number of likely N-dealkylation sites (tertiary alicyclic amines) is 1. The number of aliphatic hydroxyl groups excluding tert-OH is 1. The van der Waals surface area contributed by atoms with Crippen molar-refractivity contribution in [3.63, 3.8) is 0 Å². The minimum Gasteiger partial charge on any atom is -0.507 e. The Bertz CT molecular complexity index is 1310. The van der Waals surface area contributed by atoms with Gasteiger partial charge in [0.15, 0.2) is 11.5 Å². The number of Topliss-reactive ketones (excluding diaryl/α,β-unsaturated/α-hetero) is 1. The highest BCUT2D eigenvalue weighted by atomic mass is 35.5. The molecule has 3 aromatic rings. The Morgan fingerprint density at radius 3 is 2.64 bits per heavy atom. The number of hydrogen-bond acceptors (Lipinski definition) is 6. The van der Waals surface area contributed by atoms with Gasteiger partial charge in [0.05, 0.1) is 21.7 Å². The standard InChI is InChI=1S/C24H16Cl2N2O5/c25-16-5-3-14(8-17(16)26)21-20(22(29)15-4-6-18-19(9-15)33-12-32-18)23(30)24(31)28(21)11-13-2-1-7-27-10-13/h1-10,21,29H,11-12H2. The lowest BCUT2D eigenvalue weighted by Crippen LogP contribution is -2.29. The number of fused-ring (bicyclic) bond motifs is 1. The molecule has 1 amide bonds. The van der Waals surface area contributed by atoms with Gasteiger partial charge in [-0.25, -0.2) is 0 Å². The fourth-order valence-corrected chi connectivity index (χ4v) is 4.27. The topological polar surface area (TPSA) is 89.0 Å². The smallest absolute Gasteiger partial charge is 0.295 e. The first-order chi connectivity index (χ1) is 15.9. The van der Waals surface area contributed by atoms with Crippen LogP contribution in [0.3, 0.4) is 0 Å². The van der Waals surface area contributed by atoms with Crippen LogP contribution in [0.5, 0.6) is 11.5 Å². The SMILES string of the molecule is O=C1C(=O)N(Cc2cccnc2)C(c2ccc(Cl)c(Cl)c2)C1=C(O)c1ccc2c(c1)OCO2. The predicted molar refractivity (Wildman–Crippen MR) is 121 cm³/mol. The zero-order chi connectivity index (χ0) is 23.1. The van der Waals surface area contributed by atoms with E-state index in [2.05, 4.69) is 4.98 Å². The fraction of sp³-hybridized carbons (Fsp3) is 0.125. The zero-order valence-electron chi connectivity index (χ0n) is 17.0. The van der Waals surface area contributed by atoms with Crippen molar-refractivity contribution in [3.05, 3.63) is 93.2 Å². The molecule has 0 bridgehead atoms. The van der Waals surface area contributed by atoms with Crippen LogP contribution in [0.1, 0.15) is 22.7 Å². The molecule has 2 aromatic carbocycles. The van der Waals surface area contributed by atoms with Crippen molar-refractivity contribution in [2.24, 2.45) is 0 Å². The van der Waals surface area contributed by atoms with Crippen LogP contribution in [0.15, 0.2) is 66.5 Å². The molecule has 5 rings (SSSR count). The molecule has 0 spiro atoms. The van der Waals surface area contributed by atoms with E-state index in [1.807, 2.05) is 0 Å². The Balaban J connectivity index is 1.66. The number of hydrogen-bond donors (Lipinski definition) is 1. The number of carbonyl (C=O) groups is 2. The van der Waals surface area contributed by atoms with Crippen molar-refractivity contribution in [1.29, 1.82) is 0 Å². The largest absolute Gasteiger partial charge is 0.507 e. The molecule has 33 heavy (non-hydrogen) atoms. The van der Waals surface area contributed by atoms with Crippen LogP contribution in [-0.4, -0.2) is 33.5 Å². The summed E-state index contributed by atoms with van der Waals surface area (Å²) in [4.78, 5) is 31.7. The van der Waals surface area contributed by atoms with Crippen LogP contribution in [0.4, 0.5) is 0 Å². The van der Waals surface area contributed by atoms with E-state index in [-0.39, 0.29) is 29.7 Å². The summed E-state index contributed by atoms with van der Waals surface area (Å²) < 4.78 is 10.7. The van der Waals surface area contributed by atoms with Crippen molar-refractivity contribution < 1.29 is 24.2 Å². The quantitative estimate of drug-likeness (QED) is 0.328. The molecule has 166 valence electrons. The first-order valence-electron chi connectivity index (χ1n) is 9.96. The summed E-state index contributed by atoms with van der Waals surface area (Å²) >= 11 is 12.3. The van der Waals surface area contributed by atoms with E-state index in [0.717, 1.165) is 5.56 Å². The molecular formula is C24H16Cl2N2O5. The Labute approximate surface area is 198 Å². The van der Waals surface area contributed by atoms with Crippen LogP contribution in [0.2, 0.25) is 10.0 Å². The maximum absolute atomic E-state index is 13.2. The van der Waals surface area contributed by atoms with Crippen LogP contribution in [-0.2, 0) is 16.1 Å². The summed E-state index contributed by atoms with van der Waals surface area (Å²) in [5.74, 6) is -0.891. The number of aromatic nitrogens is 1. The van der Waals surface area contributed by atoms with Crippen LogP contribution < -0.4 is 9.47 Å². The van der Waals surface area contributed by atoms with Gasteiger partial charge in [-0.1, -0.05) is 35.3 Å². The Kier molecular flexibility index (Phi) is 5.44. The third-order valence-corrected chi connectivity index (χ3v) is 6.26. The Morgan fingerprint density at radius 2 is 1.88 bits per heavy atom. The first kappa shape index (κ1) is 21.3. The molecular weight excluding hydrogens is 467 g/mol. The van der Waals surface area contributed by atoms with E-state index in [1.54, 1.807) is 60.9 Å². The van der Waals surface area contributed by atoms with Gasteiger partial charge in [-0.05, 0) is 47.5 Å². The van der Waals surface area contributed by atoms with Crippen LogP contribution in [0.25, 0.3) is 5.76 Å². The maximum Gasteiger partial charge on any atom is 0.295 e. The van der Waals surface area contributed by atoms with Gasteiger partial charge in [-0.15, -0.1) is 0 Å². The molecule has 1 unspecified atom stereocenters. The van der Waals surface area contributed by atoms with Gasteiger partial charge in [-0.3, -0.25) is 14.6 Å². The monoisotopic (exact) mass is 482 g/mol. The highest BCUT2D eigenvalue weighted by Crippen LogP contribution is 2.43. The summed E-state index contributed by atoms with van der Waals surface area (Å²) in [6, 6.07) is 12.3. The number of carbonyl (C=O) groups excluding carboxylic acids is 2. The summed E-state index contributed by atoms with van der Waals surface area (Å²) in [6.45, 7) is 0.180. The second-order valence-corrected chi connectivity index (χ2v) is 8.34. The predicted octanol–water partition coefficient (Wildman–Crippen LogP) is 4.74. The molecule has 2 aliphatic rings. The van der Waals surface area contributed by atoms with Crippen LogP contribution >= 0.6 is 23.2 Å². The Hall–Kier alpha value is -3.55. The molecule has 1 saturated heterocycles. The average molecular weight is 483 g/mol. The van der Waals surface area contributed by atoms with Crippen molar-refractivity contribution in [1.82, 2.24) is 9.88 Å². The molecule has 1 N–H and O–H groups in total. The number of amides is 1. The molecule has 1 atom stereocenters. The first-order valence-corrected chi connectivity index (χ1v) is 10.7. The van der Waals surface area contributed by atoms with Crippen molar-refractivity contribution in [2.75, 3.05) is 6.79 Å². The minimum atomic E-state index is -0.884. The lowest BCUT2D eigenvalue weighted by Gasteiger charge is -2.25. The summed E-state index contributed by atoms with van der Waals surface area (Å²) in [5.41, 5.74) is 1.53. The second kappa shape index (κ2) is 8.42. The van der Waals surface area contributed by atoms with Gasteiger partial charge in [-0.2, -0.15) is 0 Å². The number of ketones is 1. The highest BCUT2D eigenvalue weighted by Gasteiger charge is 2.46. The number of rotatable bonds is 4. The number of aliphatic hydroxyl groups is 1. The number of halogens is 2. The van der Waals surface area contributed by atoms with Crippen molar-refractivity contribution in [2.45, 2.75) is 12.6 Å². The lowest BCUT2D eigenvalue weighted by molar-refractivity contribution is -0.140. The Morgan fingerprint density at radius 1 is 1.06 bits per heavy atom. The molecule has 2 aliphatic heterocycles. The molecule has 0 saturated carbocycles. The molecule has 1 fully saturated rings. The van der Waals surface area contributed by atoms with Crippen LogP contribution in [0, 0.1) is 0 Å². The van der Waals surface area contributed by atoms with Gasteiger partial charge >= 0.3 is 0 Å². The molecule has 7 nitrogen and oxygen atoms in total. The van der Waals surface area contributed by atoms with E-state index in [4.69, 9.17) is 32.7 Å². The number of benzene rings is 2. The fourth-order valence-electron chi connectivity index (χ4n) is 3.96. The molecule has 9 heteroatoms. The average Bonchev–Trinajstić information content (AvgIpc) is 3.39.